The molecule has 0 saturated heterocycles. The van der Waals surface area contributed by atoms with Crippen LogP contribution in [-0.4, -0.2) is 27.8 Å². The van der Waals surface area contributed by atoms with Crippen LogP contribution in [0.15, 0.2) is 32.7 Å². The number of aromatic amines is 1. The quantitative estimate of drug-likeness (QED) is 0.554. The van der Waals surface area contributed by atoms with Crippen molar-refractivity contribution < 1.29 is 12.8 Å². The lowest BCUT2D eigenvalue weighted by atomic mass is 10.2. The Morgan fingerprint density at radius 2 is 1.93 bits per heavy atom. The van der Waals surface area contributed by atoms with Gasteiger partial charge in [-0.15, -0.1) is 0 Å². The summed E-state index contributed by atoms with van der Waals surface area (Å²) >= 11 is 1.94. The molecule has 1 saturated carbocycles. The molecular formula is C17H15FIN3O4S. The average molecular weight is 503 g/mol. The van der Waals surface area contributed by atoms with E-state index < -0.39 is 32.2 Å². The number of pyridine rings is 1. The van der Waals surface area contributed by atoms with Gasteiger partial charge in [0, 0.05) is 16.2 Å². The fourth-order valence-electron chi connectivity index (χ4n) is 3.32. The molecule has 3 aromatic rings. The van der Waals surface area contributed by atoms with Gasteiger partial charge in [0.25, 0.3) is 5.56 Å². The number of hydrogen-bond donors (Lipinski definition) is 1. The smallest absolute Gasteiger partial charge is 0.303 e. The summed E-state index contributed by atoms with van der Waals surface area (Å²) < 4.78 is 43.2. The fourth-order valence-corrected chi connectivity index (χ4v) is 5.81. The van der Waals surface area contributed by atoms with Crippen molar-refractivity contribution in [3.63, 3.8) is 0 Å². The number of hydrogen-bond acceptors (Lipinski definition) is 4. The normalized spacial score (nSPS) is 14.8. The third-order valence-corrected chi connectivity index (χ3v) is 7.88. The van der Waals surface area contributed by atoms with Crippen LogP contribution in [0.3, 0.4) is 0 Å². The van der Waals surface area contributed by atoms with Crippen molar-refractivity contribution in [2.75, 3.05) is 0 Å². The minimum Gasteiger partial charge on any atom is -0.303 e. The molecule has 4 rings (SSSR count). The molecular weight excluding hydrogens is 488 g/mol. The third kappa shape index (κ3) is 2.68. The lowest BCUT2D eigenvalue weighted by Crippen LogP contribution is -2.26. The first kappa shape index (κ1) is 18.4. The molecule has 0 spiro atoms. The van der Waals surface area contributed by atoms with Crippen LogP contribution in [-0.2, 0) is 16.9 Å². The Balaban J connectivity index is 2.19. The number of aromatic nitrogens is 3. The number of nitrogens with zero attached hydrogens (tertiary/aromatic N) is 2. The second kappa shape index (κ2) is 6.03. The zero-order valence-corrected chi connectivity index (χ0v) is 17.4. The lowest BCUT2D eigenvalue weighted by Gasteiger charge is -2.13. The molecule has 0 bridgehead atoms. The van der Waals surface area contributed by atoms with Gasteiger partial charge in [0.15, 0.2) is 9.84 Å². The fraction of sp³-hybridized carbons (Fsp3) is 0.294. The van der Waals surface area contributed by atoms with Gasteiger partial charge in [-0.25, -0.2) is 22.2 Å². The molecule has 27 heavy (non-hydrogen) atoms. The van der Waals surface area contributed by atoms with Crippen molar-refractivity contribution in [1.82, 2.24) is 14.1 Å². The van der Waals surface area contributed by atoms with Crippen molar-refractivity contribution in [3.05, 3.63) is 54.0 Å². The van der Waals surface area contributed by atoms with E-state index in [1.165, 1.54) is 30.7 Å². The minimum atomic E-state index is -3.76. The maximum atomic E-state index is 14.5. The molecule has 2 aromatic heterocycles. The molecule has 1 aliphatic carbocycles. The van der Waals surface area contributed by atoms with Gasteiger partial charge in [0.2, 0.25) is 0 Å². The Bertz CT molecular complexity index is 1330. The largest absolute Gasteiger partial charge is 0.332 e. The summed E-state index contributed by atoms with van der Waals surface area (Å²) in [5.41, 5.74) is -1.20. The Morgan fingerprint density at radius 1 is 1.26 bits per heavy atom. The molecule has 0 unspecified atom stereocenters. The highest BCUT2D eigenvalue weighted by Gasteiger charge is 2.40. The van der Waals surface area contributed by atoms with Crippen LogP contribution < -0.4 is 11.2 Å². The van der Waals surface area contributed by atoms with Crippen molar-refractivity contribution in [2.45, 2.75) is 29.9 Å². The molecule has 0 radical (unpaired) electrons. The topological polar surface area (TPSA) is 93.9 Å². The van der Waals surface area contributed by atoms with Crippen LogP contribution >= 0.6 is 22.6 Å². The van der Waals surface area contributed by atoms with Gasteiger partial charge in [-0.05, 0) is 60.6 Å². The van der Waals surface area contributed by atoms with Gasteiger partial charge < -0.3 is 4.98 Å². The summed E-state index contributed by atoms with van der Waals surface area (Å²) in [6.07, 6.45) is 1.05. The summed E-state index contributed by atoms with van der Waals surface area (Å²) in [6.45, 7) is 1.43. The van der Waals surface area contributed by atoms with E-state index in [1.807, 2.05) is 22.6 Å². The molecule has 0 amide bonds. The second-order valence-electron chi connectivity index (χ2n) is 6.62. The van der Waals surface area contributed by atoms with Crippen LogP contribution in [0.1, 0.15) is 18.4 Å². The first-order valence-corrected chi connectivity index (χ1v) is 10.8. The van der Waals surface area contributed by atoms with E-state index in [2.05, 4.69) is 4.98 Å². The van der Waals surface area contributed by atoms with Gasteiger partial charge in [0.05, 0.1) is 10.9 Å². The van der Waals surface area contributed by atoms with Crippen molar-refractivity contribution in [3.8, 4) is 5.69 Å². The SMILES string of the molecule is Cc1c(S(=O)(=O)C2CC2)c2[nH]c(=O)n(-c3ccc(I)cc3F)c2n(C)c1=O. The highest BCUT2D eigenvalue weighted by molar-refractivity contribution is 14.1. The van der Waals surface area contributed by atoms with E-state index in [9.17, 15) is 22.4 Å². The molecule has 1 fully saturated rings. The molecule has 10 heteroatoms. The van der Waals surface area contributed by atoms with Crippen LogP contribution in [0.2, 0.25) is 0 Å². The van der Waals surface area contributed by atoms with E-state index in [0.717, 1.165) is 4.57 Å². The van der Waals surface area contributed by atoms with Crippen LogP contribution in [0, 0.1) is 16.3 Å². The minimum absolute atomic E-state index is 0.0231. The predicted molar refractivity (Wildman–Crippen MR) is 107 cm³/mol. The molecule has 1 N–H and O–H groups in total. The molecule has 7 nitrogen and oxygen atoms in total. The van der Waals surface area contributed by atoms with Crippen molar-refractivity contribution in [2.24, 2.45) is 7.05 Å². The molecule has 142 valence electrons. The molecule has 0 aliphatic heterocycles. The van der Waals surface area contributed by atoms with E-state index >= 15 is 0 Å². The molecule has 0 atom stereocenters. The Hall–Kier alpha value is -1.95. The van der Waals surface area contributed by atoms with Gasteiger partial charge in [-0.1, -0.05) is 0 Å². The van der Waals surface area contributed by atoms with Crippen LogP contribution in [0.25, 0.3) is 16.9 Å². The zero-order valence-electron chi connectivity index (χ0n) is 14.4. The number of nitrogens with one attached hydrogen (secondary N) is 1. The average Bonchev–Trinajstić information content (AvgIpc) is 3.38. The highest BCUT2D eigenvalue weighted by atomic mass is 127. The van der Waals surface area contributed by atoms with E-state index in [4.69, 9.17) is 0 Å². The van der Waals surface area contributed by atoms with Gasteiger partial charge >= 0.3 is 5.69 Å². The van der Waals surface area contributed by atoms with E-state index in [0.29, 0.717) is 16.4 Å². The van der Waals surface area contributed by atoms with Crippen molar-refractivity contribution >= 4 is 43.6 Å². The predicted octanol–water partition coefficient (Wildman–Crippen LogP) is 2.01. The number of fused-ring (bicyclic) bond motifs is 1. The lowest BCUT2D eigenvalue weighted by molar-refractivity contribution is 0.594. The summed E-state index contributed by atoms with van der Waals surface area (Å²) in [7, 11) is -2.33. The number of benzene rings is 1. The highest BCUT2D eigenvalue weighted by Crippen LogP contribution is 2.36. The zero-order chi connectivity index (χ0) is 19.7. The van der Waals surface area contributed by atoms with E-state index in [1.54, 1.807) is 6.07 Å². The number of H-pyrrole nitrogens is 1. The summed E-state index contributed by atoms with van der Waals surface area (Å²) in [5, 5.41) is -0.548. The number of sulfone groups is 1. The number of aryl methyl sites for hydroxylation is 1. The summed E-state index contributed by atoms with van der Waals surface area (Å²) in [6, 6.07) is 4.30. The molecule has 1 aromatic carbocycles. The number of halogens is 2. The van der Waals surface area contributed by atoms with Crippen LogP contribution in [0.4, 0.5) is 4.39 Å². The van der Waals surface area contributed by atoms with Gasteiger partial charge in [-0.3, -0.25) is 9.36 Å². The second-order valence-corrected chi connectivity index (χ2v) is 10.0. The monoisotopic (exact) mass is 503 g/mol. The Labute approximate surface area is 166 Å². The van der Waals surface area contributed by atoms with E-state index in [-0.39, 0.29) is 27.3 Å². The standard InChI is InChI=1S/C17H15FIN3O4S/c1-8-14(27(25,26)10-4-5-10)13-15(21(2)16(8)23)22(17(24)20-13)12-6-3-9(19)7-11(12)18/h3,6-7,10H,4-5H2,1-2H3,(H,20,24). The Kier molecular flexibility index (Phi) is 4.11. The summed E-state index contributed by atoms with van der Waals surface area (Å²) in [5.74, 6) is -0.649. The molecule has 1 aliphatic rings. The number of imidazole rings is 1. The van der Waals surface area contributed by atoms with Crippen molar-refractivity contribution in [1.29, 1.82) is 0 Å². The molecule has 2 heterocycles. The third-order valence-electron chi connectivity index (χ3n) is 4.78. The Morgan fingerprint density at radius 3 is 2.52 bits per heavy atom. The summed E-state index contributed by atoms with van der Waals surface area (Å²) in [4.78, 5) is 27.7. The van der Waals surface area contributed by atoms with Crippen LogP contribution in [0.5, 0.6) is 0 Å². The maximum absolute atomic E-state index is 14.5. The first-order valence-electron chi connectivity index (χ1n) is 8.18. The van der Waals surface area contributed by atoms with Gasteiger partial charge in [0.1, 0.15) is 21.9 Å². The first-order chi connectivity index (χ1) is 12.6. The maximum Gasteiger partial charge on any atom is 0.332 e. The van der Waals surface area contributed by atoms with Gasteiger partial charge in [-0.2, -0.15) is 0 Å². The number of rotatable bonds is 3.